The maximum atomic E-state index is 10.8. The quantitative estimate of drug-likeness (QED) is 0.429. The Kier molecular flexibility index (Phi) is 6.38. The van der Waals surface area contributed by atoms with Crippen molar-refractivity contribution in [3.8, 4) is 5.75 Å². The van der Waals surface area contributed by atoms with Gasteiger partial charge in [-0.25, -0.2) is 0 Å². The molecule has 0 fully saturated rings. The smallest absolute Gasteiger partial charge is 0.287 e. The van der Waals surface area contributed by atoms with Crippen LogP contribution in [-0.4, -0.2) is 35.3 Å². The molecule has 0 spiro atoms. The van der Waals surface area contributed by atoms with E-state index in [0.29, 0.717) is 12.3 Å². The first-order chi connectivity index (χ1) is 9.37. The lowest BCUT2D eigenvalue weighted by Crippen LogP contribution is -2.43. The molecule has 0 aromatic heterocycles. The Balaban J connectivity index is 2.65. The van der Waals surface area contributed by atoms with Crippen LogP contribution < -0.4 is 10.1 Å². The van der Waals surface area contributed by atoms with Crippen LogP contribution >= 0.6 is 15.9 Å². The van der Waals surface area contributed by atoms with Gasteiger partial charge in [-0.2, -0.15) is 0 Å². The molecular weight excluding hydrogens is 328 g/mol. The van der Waals surface area contributed by atoms with Crippen LogP contribution in [0.4, 0.5) is 5.69 Å². The molecular formula is C13H19BrN2O4. The summed E-state index contributed by atoms with van der Waals surface area (Å²) in [5.41, 5.74) is -1.11. The second-order valence-electron chi connectivity index (χ2n) is 4.81. The second-order valence-corrected chi connectivity index (χ2v) is 5.60. The van der Waals surface area contributed by atoms with E-state index in [0.717, 1.165) is 13.0 Å². The van der Waals surface area contributed by atoms with Gasteiger partial charge in [0.15, 0.2) is 0 Å². The van der Waals surface area contributed by atoms with Crippen molar-refractivity contribution in [2.24, 2.45) is 0 Å². The van der Waals surface area contributed by atoms with E-state index in [9.17, 15) is 15.2 Å². The van der Waals surface area contributed by atoms with Gasteiger partial charge in [0, 0.05) is 12.6 Å². The second kappa shape index (κ2) is 7.56. The zero-order chi connectivity index (χ0) is 15.2. The summed E-state index contributed by atoms with van der Waals surface area (Å²) in [6.07, 6.45) is 0.980. The number of nitro groups is 1. The summed E-state index contributed by atoms with van der Waals surface area (Å²) >= 11 is 3.15. The summed E-state index contributed by atoms with van der Waals surface area (Å²) in [6, 6.07) is 4.55. The van der Waals surface area contributed by atoms with Crippen molar-refractivity contribution in [3.05, 3.63) is 32.8 Å². The zero-order valence-electron chi connectivity index (χ0n) is 11.6. The summed E-state index contributed by atoms with van der Waals surface area (Å²) in [7, 11) is 0. The highest BCUT2D eigenvalue weighted by atomic mass is 79.9. The monoisotopic (exact) mass is 346 g/mol. The van der Waals surface area contributed by atoms with Crippen LogP contribution in [0.1, 0.15) is 20.3 Å². The van der Waals surface area contributed by atoms with Crippen LogP contribution in [0, 0.1) is 10.1 Å². The first kappa shape index (κ1) is 16.9. The standard InChI is InChI=1S/C13H19BrN2O4/c1-3-7-15-8-13(2,17)9-20-11-6-4-5-10(12(11)14)16(18)19/h4-6,15,17H,3,7-9H2,1-2H3. The van der Waals surface area contributed by atoms with E-state index in [2.05, 4.69) is 21.2 Å². The Morgan fingerprint density at radius 2 is 2.25 bits per heavy atom. The molecule has 1 aromatic rings. The number of nitrogens with zero attached hydrogens (tertiary/aromatic N) is 1. The molecule has 0 radical (unpaired) electrons. The summed E-state index contributed by atoms with van der Waals surface area (Å²) in [5, 5.41) is 24.1. The van der Waals surface area contributed by atoms with Crippen LogP contribution in [0.25, 0.3) is 0 Å². The fraction of sp³-hybridized carbons (Fsp3) is 0.538. The maximum absolute atomic E-state index is 10.8. The number of nitro benzene ring substituents is 1. The van der Waals surface area contributed by atoms with Crippen LogP contribution in [0.2, 0.25) is 0 Å². The third kappa shape index (κ3) is 5.07. The normalized spacial score (nSPS) is 13.8. The van der Waals surface area contributed by atoms with Gasteiger partial charge in [0.1, 0.15) is 22.4 Å². The van der Waals surface area contributed by atoms with Crippen LogP contribution in [0.5, 0.6) is 5.75 Å². The average molecular weight is 347 g/mol. The molecule has 0 aliphatic heterocycles. The van der Waals surface area contributed by atoms with Crippen molar-refractivity contribution < 1.29 is 14.8 Å². The summed E-state index contributed by atoms with van der Waals surface area (Å²) in [5.74, 6) is 0.343. The maximum Gasteiger partial charge on any atom is 0.287 e. The highest BCUT2D eigenvalue weighted by molar-refractivity contribution is 9.10. The van der Waals surface area contributed by atoms with Gasteiger partial charge in [-0.05, 0) is 41.9 Å². The minimum absolute atomic E-state index is 0.0451. The molecule has 112 valence electrons. The van der Waals surface area contributed by atoms with E-state index >= 15 is 0 Å². The Bertz CT molecular complexity index is 466. The van der Waals surface area contributed by atoms with Crippen molar-refractivity contribution >= 4 is 21.6 Å². The van der Waals surface area contributed by atoms with Gasteiger partial charge < -0.3 is 15.2 Å². The third-order valence-electron chi connectivity index (χ3n) is 2.61. The van der Waals surface area contributed by atoms with Crippen molar-refractivity contribution in [3.63, 3.8) is 0 Å². The minimum atomic E-state index is -1.04. The van der Waals surface area contributed by atoms with Gasteiger partial charge in [0.2, 0.25) is 0 Å². The molecule has 2 N–H and O–H groups in total. The van der Waals surface area contributed by atoms with Crippen molar-refractivity contribution in [2.45, 2.75) is 25.9 Å². The number of aliphatic hydroxyl groups is 1. The van der Waals surface area contributed by atoms with Gasteiger partial charge >= 0.3 is 0 Å². The van der Waals surface area contributed by atoms with Crippen molar-refractivity contribution in [2.75, 3.05) is 19.7 Å². The lowest BCUT2D eigenvalue weighted by Gasteiger charge is -2.24. The summed E-state index contributed by atoms with van der Waals surface area (Å²) in [4.78, 5) is 10.3. The lowest BCUT2D eigenvalue weighted by molar-refractivity contribution is -0.385. The minimum Gasteiger partial charge on any atom is -0.489 e. The van der Waals surface area contributed by atoms with E-state index in [1.54, 1.807) is 19.1 Å². The van der Waals surface area contributed by atoms with Crippen LogP contribution in [0.3, 0.4) is 0 Å². The first-order valence-corrected chi connectivity index (χ1v) is 7.15. The molecule has 0 aliphatic carbocycles. The number of rotatable bonds is 8. The van der Waals surface area contributed by atoms with Gasteiger partial charge in [-0.1, -0.05) is 13.0 Å². The van der Waals surface area contributed by atoms with Crippen molar-refractivity contribution in [1.82, 2.24) is 5.32 Å². The molecule has 1 atom stereocenters. The SMILES string of the molecule is CCCNCC(C)(O)COc1cccc([N+](=O)[O-])c1Br. The average Bonchev–Trinajstić information content (AvgIpc) is 2.37. The van der Waals surface area contributed by atoms with Gasteiger partial charge in [0.05, 0.1) is 4.92 Å². The topological polar surface area (TPSA) is 84.6 Å². The van der Waals surface area contributed by atoms with E-state index in [1.807, 2.05) is 6.92 Å². The summed E-state index contributed by atoms with van der Waals surface area (Å²) < 4.78 is 5.76. The first-order valence-electron chi connectivity index (χ1n) is 6.36. The Hall–Kier alpha value is -1.18. The van der Waals surface area contributed by atoms with E-state index in [4.69, 9.17) is 4.74 Å². The third-order valence-corrected chi connectivity index (χ3v) is 3.41. The molecule has 0 saturated carbocycles. The molecule has 0 saturated heterocycles. The Labute approximate surface area is 126 Å². The molecule has 0 amide bonds. The highest BCUT2D eigenvalue weighted by Crippen LogP contribution is 2.34. The molecule has 1 rings (SSSR count). The fourth-order valence-electron chi connectivity index (χ4n) is 1.57. The van der Waals surface area contributed by atoms with E-state index in [-0.39, 0.29) is 16.8 Å². The van der Waals surface area contributed by atoms with E-state index < -0.39 is 10.5 Å². The van der Waals surface area contributed by atoms with Gasteiger partial charge in [-0.3, -0.25) is 10.1 Å². The zero-order valence-corrected chi connectivity index (χ0v) is 13.1. The fourth-order valence-corrected chi connectivity index (χ4v) is 2.09. The Morgan fingerprint density at radius 3 is 2.85 bits per heavy atom. The molecule has 1 aromatic carbocycles. The van der Waals surface area contributed by atoms with Gasteiger partial charge in [0.25, 0.3) is 5.69 Å². The largest absolute Gasteiger partial charge is 0.489 e. The Morgan fingerprint density at radius 1 is 1.55 bits per heavy atom. The van der Waals surface area contributed by atoms with Crippen molar-refractivity contribution in [1.29, 1.82) is 0 Å². The van der Waals surface area contributed by atoms with Crippen LogP contribution in [-0.2, 0) is 0 Å². The highest BCUT2D eigenvalue weighted by Gasteiger charge is 2.23. The molecule has 0 heterocycles. The molecule has 20 heavy (non-hydrogen) atoms. The molecule has 0 aliphatic rings. The predicted molar refractivity (Wildman–Crippen MR) is 80.1 cm³/mol. The number of halogens is 1. The number of ether oxygens (including phenoxy) is 1. The number of benzene rings is 1. The number of nitrogens with one attached hydrogen (secondary N) is 1. The lowest BCUT2D eigenvalue weighted by atomic mass is 10.1. The molecule has 0 bridgehead atoms. The number of hydrogen-bond donors (Lipinski definition) is 2. The number of hydrogen-bond acceptors (Lipinski definition) is 5. The molecule has 6 nitrogen and oxygen atoms in total. The van der Waals surface area contributed by atoms with Crippen LogP contribution in [0.15, 0.2) is 22.7 Å². The molecule has 7 heteroatoms. The van der Waals surface area contributed by atoms with Gasteiger partial charge in [-0.15, -0.1) is 0 Å². The van der Waals surface area contributed by atoms with E-state index in [1.165, 1.54) is 6.07 Å². The predicted octanol–water partition coefficient (Wildman–Crippen LogP) is 2.49. The summed E-state index contributed by atoms with van der Waals surface area (Å²) in [6.45, 7) is 4.95. The molecule has 1 unspecified atom stereocenters.